The van der Waals surface area contributed by atoms with Gasteiger partial charge in [0.15, 0.2) is 17.1 Å². The molecule has 0 amide bonds. The van der Waals surface area contributed by atoms with Crippen LogP contribution in [-0.2, 0) is 13.0 Å². The van der Waals surface area contributed by atoms with Crippen LogP contribution < -0.4 is 14.0 Å². The first-order chi connectivity index (χ1) is 16.3. The summed E-state index contributed by atoms with van der Waals surface area (Å²) in [5.74, 6) is 2.99. The molecular formula is C29H31N2O2+. The number of fused-ring (bicyclic) bond motifs is 1. The Bertz CT molecular complexity index is 1230. The minimum absolute atomic E-state index is 0.639. The Kier molecular flexibility index (Phi) is 6.16. The van der Waals surface area contributed by atoms with E-state index in [9.17, 15) is 0 Å². The molecule has 4 aromatic rings. The summed E-state index contributed by atoms with van der Waals surface area (Å²) in [4.78, 5) is 0. The lowest BCUT2D eigenvalue weighted by Gasteiger charge is -2.10. The van der Waals surface area contributed by atoms with Crippen molar-refractivity contribution < 1.29 is 14.0 Å². The van der Waals surface area contributed by atoms with E-state index in [0.29, 0.717) is 6.61 Å². The van der Waals surface area contributed by atoms with Gasteiger partial charge in [-0.1, -0.05) is 42.5 Å². The van der Waals surface area contributed by atoms with Crippen LogP contribution in [0, 0.1) is 0 Å². The fourth-order valence-electron chi connectivity index (χ4n) is 4.79. The molecule has 0 bridgehead atoms. The molecule has 0 radical (unpaired) electrons. The zero-order chi connectivity index (χ0) is 22.6. The molecule has 0 fully saturated rings. The van der Waals surface area contributed by atoms with Gasteiger partial charge in [0.2, 0.25) is 0 Å². The molecule has 4 heteroatoms. The zero-order valence-electron chi connectivity index (χ0n) is 19.5. The smallest absolute Gasteiger partial charge is 0.262 e. The second-order valence-corrected chi connectivity index (χ2v) is 8.47. The van der Waals surface area contributed by atoms with E-state index in [1.54, 1.807) is 7.11 Å². The summed E-state index contributed by atoms with van der Waals surface area (Å²) in [7, 11) is 1.73. The number of imidazole rings is 1. The van der Waals surface area contributed by atoms with Crippen molar-refractivity contribution in [2.45, 2.75) is 39.2 Å². The van der Waals surface area contributed by atoms with E-state index >= 15 is 0 Å². The van der Waals surface area contributed by atoms with Crippen molar-refractivity contribution in [3.63, 3.8) is 0 Å². The molecule has 0 N–H and O–H groups in total. The Labute approximate surface area is 196 Å². The molecular weight excluding hydrogens is 408 g/mol. The van der Waals surface area contributed by atoms with Crippen LogP contribution in [0.15, 0.2) is 79.0 Å². The highest BCUT2D eigenvalue weighted by atomic mass is 16.5. The van der Waals surface area contributed by atoms with Crippen molar-refractivity contribution in [2.24, 2.45) is 0 Å². The van der Waals surface area contributed by atoms with Crippen LogP contribution in [0.5, 0.6) is 11.5 Å². The van der Waals surface area contributed by atoms with Gasteiger partial charge < -0.3 is 9.47 Å². The van der Waals surface area contributed by atoms with E-state index in [1.165, 1.54) is 47.5 Å². The summed E-state index contributed by atoms with van der Waals surface area (Å²) in [5, 5.41) is 0. The summed E-state index contributed by atoms with van der Waals surface area (Å²) < 4.78 is 16.3. The molecule has 33 heavy (non-hydrogen) atoms. The maximum absolute atomic E-state index is 5.78. The topological polar surface area (TPSA) is 27.3 Å². The van der Waals surface area contributed by atoms with Crippen molar-refractivity contribution in [2.75, 3.05) is 13.7 Å². The van der Waals surface area contributed by atoms with Crippen molar-refractivity contribution in [3.8, 4) is 39.6 Å². The quantitative estimate of drug-likeness (QED) is 0.333. The van der Waals surface area contributed by atoms with Crippen molar-refractivity contribution in [1.82, 2.24) is 4.57 Å². The lowest BCUT2D eigenvalue weighted by atomic mass is 10.0. The molecule has 5 rings (SSSR count). The van der Waals surface area contributed by atoms with Gasteiger partial charge in [-0.25, -0.2) is 4.57 Å². The second-order valence-electron chi connectivity index (χ2n) is 8.47. The van der Waals surface area contributed by atoms with Crippen LogP contribution in [0.3, 0.4) is 0 Å². The average molecular weight is 440 g/mol. The number of aromatic nitrogens is 2. The molecule has 0 spiro atoms. The normalized spacial score (nSPS) is 13.3. The highest BCUT2D eigenvalue weighted by Gasteiger charge is 2.28. The predicted molar refractivity (Wildman–Crippen MR) is 132 cm³/mol. The standard InChI is InChI=1S/C29H31N2O2/c1-3-33-25-17-18-26(28(20-25)32-2)31-21-27(30-19-9-5-8-12-29(30)31)24-15-13-23(14-16-24)22-10-6-4-7-11-22/h4,6-7,10-11,13-18,20-21H,3,5,8-9,12,19H2,1-2H3/q+1. The Hall–Kier alpha value is -3.53. The number of methoxy groups -OCH3 is 1. The molecule has 0 atom stereocenters. The maximum Gasteiger partial charge on any atom is 0.262 e. The third-order valence-electron chi connectivity index (χ3n) is 6.42. The summed E-state index contributed by atoms with van der Waals surface area (Å²) in [6.45, 7) is 3.68. The molecule has 168 valence electrons. The third kappa shape index (κ3) is 4.25. The van der Waals surface area contributed by atoms with Crippen molar-refractivity contribution in [1.29, 1.82) is 0 Å². The monoisotopic (exact) mass is 439 g/mol. The van der Waals surface area contributed by atoms with Crippen LogP contribution in [0.25, 0.3) is 28.1 Å². The van der Waals surface area contributed by atoms with Gasteiger partial charge in [-0.05, 0) is 61.6 Å². The van der Waals surface area contributed by atoms with E-state index in [2.05, 4.69) is 76.0 Å². The van der Waals surface area contributed by atoms with Crippen molar-refractivity contribution >= 4 is 0 Å². The van der Waals surface area contributed by atoms with Gasteiger partial charge in [-0.3, -0.25) is 0 Å². The molecule has 0 saturated heterocycles. The number of hydrogen-bond acceptors (Lipinski definition) is 2. The number of nitrogens with zero attached hydrogens (tertiary/aromatic N) is 2. The molecule has 1 aliphatic rings. The van der Waals surface area contributed by atoms with E-state index in [4.69, 9.17) is 9.47 Å². The molecule has 3 aromatic carbocycles. The SMILES string of the molecule is CCOc1ccc(-[n+]2cc(-c3ccc(-c4ccccc4)cc3)n3c2CCCCC3)c(OC)c1. The summed E-state index contributed by atoms with van der Waals surface area (Å²) in [6, 6.07) is 25.6. The average Bonchev–Trinajstić information content (AvgIpc) is 3.05. The highest BCUT2D eigenvalue weighted by Crippen LogP contribution is 2.30. The Morgan fingerprint density at radius 2 is 1.61 bits per heavy atom. The predicted octanol–water partition coefficient (Wildman–Crippen LogP) is 6.23. The zero-order valence-corrected chi connectivity index (χ0v) is 19.5. The number of ether oxygens (including phenoxy) is 2. The first-order valence-electron chi connectivity index (χ1n) is 11.9. The van der Waals surface area contributed by atoms with Crippen LogP contribution in [-0.4, -0.2) is 18.3 Å². The number of benzene rings is 3. The van der Waals surface area contributed by atoms with Crippen LogP contribution in [0.2, 0.25) is 0 Å². The Balaban J connectivity index is 1.59. The van der Waals surface area contributed by atoms with Gasteiger partial charge in [-0.2, -0.15) is 4.57 Å². The summed E-state index contributed by atoms with van der Waals surface area (Å²) in [6.07, 6.45) is 7.00. The van der Waals surface area contributed by atoms with Crippen LogP contribution >= 0.6 is 0 Å². The molecule has 1 aliphatic heterocycles. The second kappa shape index (κ2) is 9.53. The molecule has 0 unspecified atom stereocenters. The maximum atomic E-state index is 5.78. The van der Waals surface area contributed by atoms with Crippen molar-refractivity contribution in [3.05, 3.63) is 84.8 Å². The number of rotatable bonds is 6. The Morgan fingerprint density at radius 1 is 0.848 bits per heavy atom. The van der Waals surface area contributed by atoms with Gasteiger partial charge in [0.05, 0.1) is 20.3 Å². The van der Waals surface area contributed by atoms with E-state index in [0.717, 1.165) is 30.2 Å². The molecule has 1 aromatic heterocycles. The summed E-state index contributed by atoms with van der Waals surface area (Å²) in [5.41, 5.74) is 6.03. The molecule has 4 nitrogen and oxygen atoms in total. The summed E-state index contributed by atoms with van der Waals surface area (Å²) >= 11 is 0. The van der Waals surface area contributed by atoms with Crippen LogP contribution in [0.1, 0.15) is 32.0 Å². The Morgan fingerprint density at radius 3 is 2.36 bits per heavy atom. The van der Waals surface area contributed by atoms with E-state index in [1.807, 2.05) is 19.1 Å². The first kappa shape index (κ1) is 21.3. The third-order valence-corrected chi connectivity index (χ3v) is 6.42. The van der Waals surface area contributed by atoms with Gasteiger partial charge in [0.25, 0.3) is 5.82 Å². The van der Waals surface area contributed by atoms with Gasteiger partial charge in [0, 0.05) is 18.1 Å². The minimum Gasteiger partial charge on any atom is -0.494 e. The molecule has 0 saturated carbocycles. The van der Waals surface area contributed by atoms with Gasteiger partial charge in [-0.15, -0.1) is 0 Å². The number of hydrogen-bond donors (Lipinski definition) is 0. The molecule has 2 heterocycles. The van der Waals surface area contributed by atoms with E-state index in [-0.39, 0.29) is 0 Å². The van der Waals surface area contributed by atoms with Gasteiger partial charge in [0.1, 0.15) is 11.9 Å². The fraction of sp³-hybridized carbons (Fsp3) is 0.276. The van der Waals surface area contributed by atoms with E-state index < -0.39 is 0 Å². The minimum atomic E-state index is 0.639. The molecule has 0 aliphatic carbocycles. The van der Waals surface area contributed by atoms with Crippen LogP contribution in [0.4, 0.5) is 0 Å². The lowest BCUT2D eigenvalue weighted by molar-refractivity contribution is -0.604. The highest BCUT2D eigenvalue weighted by molar-refractivity contribution is 5.68. The lowest BCUT2D eigenvalue weighted by Crippen LogP contribution is -2.34. The largest absolute Gasteiger partial charge is 0.494 e. The first-order valence-corrected chi connectivity index (χ1v) is 11.9. The van der Waals surface area contributed by atoms with Gasteiger partial charge >= 0.3 is 0 Å². The fourth-order valence-corrected chi connectivity index (χ4v) is 4.79.